The predicted molar refractivity (Wildman–Crippen MR) is 53.1 cm³/mol. The van der Waals surface area contributed by atoms with Crippen LogP contribution in [0.3, 0.4) is 0 Å². The van der Waals surface area contributed by atoms with Gasteiger partial charge in [0.2, 0.25) is 5.91 Å². The van der Waals surface area contributed by atoms with Gasteiger partial charge in [-0.25, -0.2) is 0 Å². The van der Waals surface area contributed by atoms with Crippen LogP contribution in [0.2, 0.25) is 0 Å². The van der Waals surface area contributed by atoms with Crippen molar-refractivity contribution in [2.24, 2.45) is 5.92 Å². The zero-order chi connectivity index (χ0) is 10.6. The molecule has 78 valence electrons. The fraction of sp³-hybridized carbons (Fsp3) is 0.600. The highest BCUT2D eigenvalue weighted by molar-refractivity contribution is 6.04. The van der Waals surface area contributed by atoms with Crippen LogP contribution in [0.15, 0.2) is 11.6 Å². The molecular weight excluding hydrogens is 180 g/mol. The topological polar surface area (TPSA) is 58.2 Å². The average molecular weight is 196 g/mol. The molecule has 14 heavy (non-hydrogen) atoms. The lowest BCUT2D eigenvalue weighted by Gasteiger charge is -2.24. The zero-order valence-corrected chi connectivity index (χ0v) is 8.59. The standard InChI is InChI=1S/C10H16N2O2/c1-3-5-7-8(6-4-2)10(14)12-11-9(7)13/h5,8H,3-4,6H2,1-2H3,(H,11,13)(H,12,14)/b7-5+. The van der Waals surface area contributed by atoms with Crippen LogP contribution < -0.4 is 10.9 Å². The van der Waals surface area contributed by atoms with Crippen LogP contribution in [0.1, 0.15) is 33.1 Å². The van der Waals surface area contributed by atoms with Crippen molar-refractivity contribution in [3.05, 3.63) is 11.6 Å². The number of hydrogen-bond acceptors (Lipinski definition) is 2. The van der Waals surface area contributed by atoms with Crippen molar-refractivity contribution in [3.8, 4) is 0 Å². The minimum Gasteiger partial charge on any atom is -0.273 e. The van der Waals surface area contributed by atoms with Gasteiger partial charge in [0, 0.05) is 5.57 Å². The lowest BCUT2D eigenvalue weighted by molar-refractivity contribution is -0.133. The van der Waals surface area contributed by atoms with E-state index in [9.17, 15) is 9.59 Å². The van der Waals surface area contributed by atoms with E-state index in [1.165, 1.54) is 0 Å². The Morgan fingerprint density at radius 1 is 1.29 bits per heavy atom. The molecule has 1 aliphatic rings. The number of hydrogen-bond donors (Lipinski definition) is 2. The Balaban J connectivity index is 2.86. The molecule has 1 fully saturated rings. The number of allylic oxidation sites excluding steroid dienone is 1. The summed E-state index contributed by atoms with van der Waals surface area (Å²) in [6, 6.07) is 0. The molecule has 1 saturated heterocycles. The second-order valence-corrected chi connectivity index (χ2v) is 3.35. The summed E-state index contributed by atoms with van der Waals surface area (Å²) >= 11 is 0. The molecule has 1 atom stereocenters. The molecule has 1 aliphatic heterocycles. The number of rotatable bonds is 3. The van der Waals surface area contributed by atoms with Crippen molar-refractivity contribution in [3.63, 3.8) is 0 Å². The van der Waals surface area contributed by atoms with E-state index in [0.29, 0.717) is 5.57 Å². The molecule has 0 radical (unpaired) electrons. The highest BCUT2D eigenvalue weighted by atomic mass is 16.2. The molecule has 0 bridgehead atoms. The van der Waals surface area contributed by atoms with Gasteiger partial charge in [0.15, 0.2) is 0 Å². The van der Waals surface area contributed by atoms with Crippen LogP contribution in [0, 0.1) is 5.92 Å². The fourth-order valence-electron chi connectivity index (χ4n) is 1.61. The van der Waals surface area contributed by atoms with Crippen LogP contribution in [0.25, 0.3) is 0 Å². The molecule has 0 spiro atoms. The van der Waals surface area contributed by atoms with E-state index in [1.807, 2.05) is 19.9 Å². The SMILES string of the molecule is CC/C=C1/C(=O)NNC(=O)C1CCC. The Kier molecular flexibility index (Phi) is 3.68. The third-order valence-corrected chi connectivity index (χ3v) is 2.25. The van der Waals surface area contributed by atoms with Crippen LogP contribution in [0.5, 0.6) is 0 Å². The van der Waals surface area contributed by atoms with Crippen LogP contribution in [0.4, 0.5) is 0 Å². The maximum atomic E-state index is 11.4. The molecule has 0 aliphatic carbocycles. The largest absolute Gasteiger partial charge is 0.273 e. The van der Waals surface area contributed by atoms with Gasteiger partial charge in [0.05, 0.1) is 5.92 Å². The molecule has 4 heteroatoms. The second kappa shape index (κ2) is 4.79. The molecule has 1 rings (SSSR count). The fourth-order valence-corrected chi connectivity index (χ4v) is 1.61. The molecule has 0 aromatic rings. The Morgan fingerprint density at radius 2 is 2.00 bits per heavy atom. The van der Waals surface area contributed by atoms with Crippen molar-refractivity contribution in [2.75, 3.05) is 0 Å². The van der Waals surface area contributed by atoms with Crippen molar-refractivity contribution in [1.29, 1.82) is 0 Å². The van der Waals surface area contributed by atoms with E-state index in [-0.39, 0.29) is 17.7 Å². The maximum Gasteiger partial charge on any atom is 0.266 e. The number of carbonyl (C=O) groups is 2. The number of nitrogens with one attached hydrogen (secondary N) is 2. The van der Waals surface area contributed by atoms with E-state index in [0.717, 1.165) is 19.3 Å². The molecule has 0 aromatic carbocycles. The van der Waals surface area contributed by atoms with Gasteiger partial charge in [-0.15, -0.1) is 0 Å². The predicted octanol–water partition coefficient (Wildman–Crippen LogP) is 0.900. The monoisotopic (exact) mass is 196 g/mol. The minimum atomic E-state index is -0.270. The molecule has 1 heterocycles. The maximum absolute atomic E-state index is 11.4. The third kappa shape index (κ3) is 2.13. The van der Waals surface area contributed by atoms with Gasteiger partial charge in [-0.1, -0.05) is 26.3 Å². The van der Waals surface area contributed by atoms with Crippen molar-refractivity contribution in [2.45, 2.75) is 33.1 Å². The molecule has 0 saturated carbocycles. The van der Waals surface area contributed by atoms with E-state index in [4.69, 9.17) is 0 Å². The quantitative estimate of drug-likeness (QED) is 0.659. The Morgan fingerprint density at radius 3 is 2.57 bits per heavy atom. The van der Waals surface area contributed by atoms with E-state index >= 15 is 0 Å². The third-order valence-electron chi connectivity index (χ3n) is 2.25. The van der Waals surface area contributed by atoms with Gasteiger partial charge in [-0.3, -0.25) is 20.4 Å². The van der Waals surface area contributed by atoms with Gasteiger partial charge in [-0.05, 0) is 12.8 Å². The first kappa shape index (κ1) is 10.8. The first-order valence-electron chi connectivity index (χ1n) is 5.00. The molecular formula is C10H16N2O2. The normalized spacial score (nSPS) is 24.7. The van der Waals surface area contributed by atoms with Gasteiger partial charge >= 0.3 is 0 Å². The average Bonchev–Trinajstić information content (AvgIpc) is 2.17. The summed E-state index contributed by atoms with van der Waals surface area (Å²) in [5, 5.41) is 0. The highest BCUT2D eigenvalue weighted by Crippen LogP contribution is 2.20. The van der Waals surface area contributed by atoms with Crippen LogP contribution in [-0.2, 0) is 9.59 Å². The lowest BCUT2D eigenvalue weighted by Crippen LogP contribution is -2.52. The van der Waals surface area contributed by atoms with Gasteiger partial charge in [0.25, 0.3) is 5.91 Å². The zero-order valence-electron chi connectivity index (χ0n) is 8.59. The van der Waals surface area contributed by atoms with Crippen LogP contribution in [-0.4, -0.2) is 11.8 Å². The summed E-state index contributed by atoms with van der Waals surface area (Å²) in [6.45, 7) is 3.96. The highest BCUT2D eigenvalue weighted by Gasteiger charge is 2.30. The minimum absolute atomic E-state index is 0.105. The summed E-state index contributed by atoms with van der Waals surface area (Å²) in [4.78, 5) is 22.9. The van der Waals surface area contributed by atoms with Gasteiger partial charge in [0.1, 0.15) is 0 Å². The summed E-state index contributed by atoms with van der Waals surface area (Å²) in [5.74, 6) is -0.551. The van der Waals surface area contributed by atoms with Crippen LogP contribution >= 0.6 is 0 Å². The molecule has 1 unspecified atom stereocenters. The molecule has 0 aromatic heterocycles. The summed E-state index contributed by atoms with van der Waals surface area (Å²) in [5.41, 5.74) is 5.33. The Labute approximate surface area is 83.7 Å². The van der Waals surface area contributed by atoms with E-state index < -0.39 is 0 Å². The van der Waals surface area contributed by atoms with Crippen molar-refractivity contribution in [1.82, 2.24) is 10.9 Å². The second-order valence-electron chi connectivity index (χ2n) is 3.35. The summed E-state index contributed by atoms with van der Waals surface area (Å²) in [7, 11) is 0. The summed E-state index contributed by atoms with van der Waals surface area (Å²) < 4.78 is 0. The Bertz CT molecular complexity index is 271. The first-order chi connectivity index (χ1) is 6.70. The number of carbonyl (C=O) groups excluding carboxylic acids is 2. The van der Waals surface area contributed by atoms with Crippen molar-refractivity contribution < 1.29 is 9.59 Å². The van der Waals surface area contributed by atoms with Crippen molar-refractivity contribution >= 4 is 11.8 Å². The molecule has 2 N–H and O–H groups in total. The van der Waals surface area contributed by atoms with E-state index in [2.05, 4.69) is 10.9 Å². The smallest absolute Gasteiger partial charge is 0.266 e. The lowest BCUT2D eigenvalue weighted by atomic mass is 9.91. The first-order valence-corrected chi connectivity index (χ1v) is 5.00. The molecule has 4 nitrogen and oxygen atoms in total. The van der Waals surface area contributed by atoms with E-state index in [1.54, 1.807) is 0 Å². The molecule has 2 amide bonds. The van der Waals surface area contributed by atoms with Gasteiger partial charge < -0.3 is 0 Å². The number of amides is 2. The van der Waals surface area contributed by atoms with Gasteiger partial charge in [-0.2, -0.15) is 0 Å². The number of hydrazine groups is 1. The summed E-state index contributed by atoms with van der Waals surface area (Å²) in [6.07, 6.45) is 4.22. The Hall–Kier alpha value is -1.32.